The van der Waals surface area contributed by atoms with Crippen molar-refractivity contribution in [2.24, 2.45) is 0 Å². The number of rotatable bonds is 7. The van der Waals surface area contributed by atoms with Crippen LogP contribution in [0.5, 0.6) is 0 Å². The van der Waals surface area contributed by atoms with Crippen molar-refractivity contribution in [3.8, 4) is 0 Å². The molecule has 1 unspecified atom stereocenters. The van der Waals surface area contributed by atoms with E-state index in [0.717, 1.165) is 6.42 Å². The Labute approximate surface area is 81.8 Å². The lowest BCUT2D eigenvalue weighted by Gasteiger charge is -2.09. The molecule has 78 valence electrons. The highest BCUT2D eigenvalue weighted by molar-refractivity contribution is 6.36. The van der Waals surface area contributed by atoms with E-state index in [-0.39, 0.29) is 0 Å². The molecule has 1 atom stereocenters. The molecule has 0 amide bonds. The van der Waals surface area contributed by atoms with Crippen molar-refractivity contribution in [1.29, 1.82) is 0 Å². The molecule has 0 aliphatic carbocycles. The Morgan fingerprint density at radius 2 is 2.00 bits per heavy atom. The Morgan fingerprint density at radius 3 is 2.46 bits per heavy atom. The molecule has 0 spiro atoms. The van der Waals surface area contributed by atoms with Gasteiger partial charge in [0.25, 0.3) is 0 Å². The predicted octanol–water partition coefficient (Wildman–Crippen LogP) is 0.525. The summed E-state index contributed by atoms with van der Waals surface area (Å²) in [6.07, 6.45) is 4.54. The summed E-state index contributed by atoms with van der Waals surface area (Å²) in [6.45, 7) is 2.10. The van der Waals surface area contributed by atoms with Crippen LogP contribution < -0.4 is 5.32 Å². The maximum absolute atomic E-state index is 5.22. The summed E-state index contributed by atoms with van der Waals surface area (Å²) in [5.74, 6) is 0. The zero-order valence-electron chi connectivity index (χ0n) is 8.74. The van der Waals surface area contributed by atoms with E-state index in [1.807, 2.05) is 13.1 Å². The van der Waals surface area contributed by atoms with Crippen LogP contribution in [-0.2, 0) is 13.3 Å². The van der Waals surface area contributed by atoms with Crippen molar-refractivity contribution in [3.05, 3.63) is 12.3 Å². The average molecular weight is 205 g/mol. The van der Waals surface area contributed by atoms with Gasteiger partial charge in [0.05, 0.1) is 6.26 Å². The molecule has 5 heteroatoms. The van der Waals surface area contributed by atoms with Gasteiger partial charge in [0.15, 0.2) is 0 Å². The molecule has 0 saturated carbocycles. The molecule has 13 heavy (non-hydrogen) atoms. The normalized spacial score (nSPS) is 13.9. The third-order valence-electron chi connectivity index (χ3n) is 1.65. The van der Waals surface area contributed by atoms with E-state index in [9.17, 15) is 0 Å². The maximum Gasteiger partial charge on any atom is 0.548 e. The SMILES string of the molecule is CNC(C)CC=CO[SiH](OC)OC. The van der Waals surface area contributed by atoms with Gasteiger partial charge in [-0.2, -0.15) is 0 Å². The average Bonchev–Trinajstić information content (AvgIpc) is 2.18. The smallest absolute Gasteiger partial charge is 0.510 e. The molecule has 0 bridgehead atoms. The fraction of sp³-hybridized carbons (Fsp3) is 0.750. The van der Waals surface area contributed by atoms with Crippen LogP contribution in [0.25, 0.3) is 0 Å². The number of hydrogen-bond acceptors (Lipinski definition) is 4. The summed E-state index contributed by atoms with van der Waals surface area (Å²) in [5.41, 5.74) is 0. The first-order valence-corrected chi connectivity index (χ1v) is 5.69. The Kier molecular flexibility index (Phi) is 8.01. The lowest BCUT2D eigenvalue weighted by atomic mass is 10.2. The van der Waals surface area contributed by atoms with Crippen LogP contribution in [0.15, 0.2) is 12.3 Å². The van der Waals surface area contributed by atoms with Gasteiger partial charge in [-0.1, -0.05) is 0 Å². The van der Waals surface area contributed by atoms with E-state index in [1.165, 1.54) is 0 Å². The summed E-state index contributed by atoms with van der Waals surface area (Å²) in [6, 6.07) is 0.463. The van der Waals surface area contributed by atoms with E-state index in [2.05, 4.69) is 12.2 Å². The summed E-state index contributed by atoms with van der Waals surface area (Å²) < 4.78 is 15.1. The van der Waals surface area contributed by atoms with Gasteiger partial charge >= 0.3 is 9.53 Å². The van der Waals surface area contributed by atoms with Crippen LogP contribution in [0.3, 0.4) is 0 Å². The highest BCUT2D eigenvalue weighted by atomic mass is 28.3. The molecule has 1 N–H and O–H groups in total. The van der Waals surface area contributed by atoms with Gasteiger partial charge in [-0.3, -0.25) is 0 Å². The van der Waals surface area contributed by atoms with Crippen LogP contribution in [0.1, 0.15) is 13.3 Å². The van der Waals surface area contributed by atoms with Crippen LogP contribution in [0, 0.1) is 0 Å². The molecular formula is C8H19NO3Si. The monoisotopic (exact) mass is 205 g/mol. The van der Waals surface area contributed by atoms with Gasteiger partial charge in [0.2, 0.25) is 0 Å². The molecule has 0 radical (unpaired) electrons. The molecule has 0 aromatic heterocycles. The summed E-state index contributed by atoms with van der Waals surface area (Å²) in [7, 11) is 3.24. The number of nitrogens with one attached hydrogen (secondary N) is 1. The molecule has 4 nitrogen and oxygen atoms in total. The first-order valence-electron chi connectivity index (χ1n) is 4.28. The van der Waals surface area contributed by atoms with Gasteiger partial charge in [-0.05, 0) is 26.5 Å². The molecule has 0 aromatic rings. The molecule has 0 fully saturated rings. The minimum Gasteiger partial charge on any atom is -0.510 e. The van der Waals surface area contributed by atoms with Crippen molar-refractivity contribution in [2.45, 2.75) is 19.4 Å². The zero-order chi connectivity index (χ0) is 10.1. The largest absolute Gasteiger partial charge is 0.548 e. The van der Waals surface area contributed by atoms with E-state index in [1.54, 1.807) is 20.5 Å². The lowest BCUT2D eigenvalue weighted by molar-refractivity contribution is 0.181. The van der Waals surface area contributed by atoms with Gasteiger partial charge < -0.3 is 18.6 Å². The minimum absolute atomic E-state index is 0.463. The maximum atomic E-state index is 5.22. The fourth-order valence-corrected chi connectivity index (χ4v) is 1.36. The van der Waals surface area contributed by atoms with Gasteiger partial charge in [-0.15, -0.1) is 0 Å². The summed E-state index contributed by atoms with van der Waals surface area (Å²) >= 11 is 0. The molecule has 0 rings (SSSR count). The summed E-state index contributed by atoms with van der Waals surface area (Å²) in [5, 5.41) is 3.12. The Hall–Kier alpha value is -0.363. The summed E-state index contributed by atoms with van der Waals surface area (Å²) in [4.78, 5) is 0. The van der Waals surface area contributed by atoms with Crippen LogP contribution >= 0.6 is 0 Å². The minimum atomic E-state index is -1.87. The topological polar surface area (TPSA) is 39.7 Å². The molecular weight excluding hydrogens is 186 g/mol. The first kappa shape index (κ1) is 12.6. The second-order valence-electron chi connectivity index (χ2n) is 2.69. The van der Waals surface area contributed by atoms with Crippen molar-refractivity contribution in [3.63, 3.8) is 0 Å². The van der Waals surface area contributed by atoms with Crippen molar-refractivity contribution in [2.75, 3.05) is 21.3 Å². The van der Waals surface area contributed by atoms with E-state index in [0.29, 0.717) is 6.04 Å². The second-order valence-corrected chi connectivity index (χ2v) is 4.49. The highest BCUT2D eigenvalue weighted by Gasteiger charge is 2.08. The molecule has 0 aliphatic heterocycles. The van der Waals surface area contributed by atoms with Crippen molar-refractivity contribution in [1.82, 2.24) is 5.32 Å². The Balaban J connectivity index is 3.49. The first-order chi connectivity index (χ1) is 6.24. The van der Waals surface area contributed by atoms with Gasteiger partial charge in [0.1, 0.15) is 0 Å². The number of hydrogen-bond donors (Lipinski definition) is 1. The molecule has 0 saturated heterocycles. The van der Waals surface area contributed by atoms with E-state index >= 15 is 0 Å². The van der Waals surface area contributed by atoms with Crippen LogP contribution in [0.2, 0.25) is 0 Å². The molecule has 0 heterocycles. The Morgan fingerprint density at radius 1 is 1.38 bits per heavy atom. The quantitative estimate of drug-likeness (QED) is 0.486. The fourth-order valence-electron chi connectivity index (χ4n) is 0.705. The third-order valence-corrected chi connectivity index (χ3v) is 2.80. The Bertz CT molecular complexity index is 139. The highest BCUT2D eigenvalue weighted by Crippen LogP contribution is 1.94. The zero-order valence-corrected chi connectivity index (χ0v) is 9.90. The van der Waals surface area contributed by atoms with Crippen LogP contribution in [0.4, 0.5) is 0 Å². The van der Waals surface area contributed by atoms with Gasteiger partial charge in [-0.25, -0.2) is 0 Å². The van der Waals surface area contributed by atoms with Crippen molar-refractivity contribution >= 4 is 9.53 Å². The van der Waals surface area contributed by atoms with Crippen molar-refractivity contribution < 1.29 is 13.3 Å². The lowest BCUT2D eigenvalue weighted by Crippen LogP contribution is -2.22. The van der Waals surface area contributed by atoms with Crippen LogP contribution in [-0.4, -0.2) is 36.8 Å². The molecule has 0 aliphatic rings. The van der Waals surface area contributed by atoms with E-state index in [4.69, 9.17) is 13.3 Å². The predicted molar refractivity (Wildman–Crippen MR) is 54.5 cm³/mol. The third kappa shape index (κ3) is 6.77. The second kappa shape index (κ2) is 8.24. The van der Waals surface area contributed by atoms with Gasteiger partial charge in [0, 0.05) is 20.3 Å². The van der Waals surface area contributed by atoms with E-state index < -0.39 is 9.53 Å². The molecule has 0 aromatic carbocycles. The standard InChI is InChI=1S/C8H19NO3Si/c1-8(9-2)6-5-7-12-13(10-3)11-4/h5,7-9,13H,6H2,1-4H3.